The van der Waals surface area contributed by atoms with E-state index < -0.39 is 13.1 Å². The molecule has 0 saturated carbocycles. The summed E-state index contributed by atoms with van der Waals surface area (Å²) in [5, 5.41) is 46.9. The minimum atomic E-state index is -1.45. The van der Waals surface area contributed by atoms with Gasteiger partial charge in [0.25, 0.3) is 0 Å². The minimum absolute atomic E-state index is 0. The van der Waals surface area contributed by atoms with E-state index in [1.807, 2.05) is 48.7 Å². The van der Waals surface area contributed by atoms with Crippen molar-refractivity contribution >= 4 is 116 Å². The second kappa shape index (κ2) is 27.3. The van der Waals surface area contributed by atoms with Crippen LogP contribution in [-0.4, -0.2) is 74.8 Å². The first-order valence-electron chi connectivity index (χ1n) is 20.3. The number of hydrogen-bond acceptors (Lipinski definition) is 16. The number of esters is 2. The van der Waals surface area contributed by atoms with Crippen molar-refractivity contribution in [3.8, 4) is 34.4 Å². The van der Waals surface area contributed by atoms with Crippen molar-refractivity contribution < 1.29 is 63.3 Å². The predicted molar refractivity (Wildman–Crippen MR) is 274 cm³/mol. The van der Waals surface area contributed by atoms with Gasteiger partial charge in [0, 0.05) is 88.5 Å². The zero-order valence-electron chi connectivity index (χ0n) is 37.9. The van der Waals surface area contributed by atoms with Gasteiger partial charge in [0.05, 0.1) is 72.5 Å². The van der Waals surface area contributed by atoms with Gasteiger partial charge in [-0.1, -0.05) is 48.5 Å². The molecular formula is C50H37BBrLiN6O9S3. The summed E-state index contributed by atoms with van der Waals surface area (Å²) in [4.78, 5) is 51.8. The topological polar surface area (TPSA) is 251 Å². The van der Waals surface area contributed by atoms with Gasteiger partial charge in [-0.25, -0.2) is 4.85 Å². The van der Waals surface area contributed by atoms with E-state index in [4.69, 9.17) is 37.0 Å². The maximum atomic E-state index is 11.4. The molecule has 0 unspecified atom stereocenters. The number of hydrogen-bond donors (Lipinski definition) is 3. The molecule has 0 spiro atoms. The number of benzene rings is 3. The normalized spacial score (nSPS) is 9.89. The Hall–Kier alpha value is -7.11. The average Bonchev–Trinajstić information content (AvgIpc) is 4.11. The molecule has 21 heteroatoms. The summed E-state index contributed by atoms with van der Waals surface area (Å²) in [6.07, 6.45) is 11.3. The Labute approximate surface area is 439 Å². The van der Waals surface area contributed by atoms with E-state index in [9.17, 15) is 14.4 Å². The summed E-state index contributed by atoms with van der Waals surface area (Å²) in [7, 11) is 1.33. The molecule has 9 aromatic rings. The number of nitriles is 2. The van der Waals surface area contributed by atoms with Gasteiger partial charge in [0.15, 0.2) is 5.69 Å². The summed E-state index contributed by atoms with van der Waals surface area (Å²) in [5.74, 6) is -1.31. The van der Waals surface area contributed by atoms with E-state index in [-0.39, 0.29) is 49.1 Å². The number of rotatable bonds is 9. The van der Waals surface area contributed by atoms with Crippen molar-refractivity contribution in [2.45, 2.75) is 19.3 Å². The van der Waals surface area contributed by atoms with Crippen LogP contribution >= 0.6 is 49.9 Å². The van der Waals surface area contributed by atoms with E-state index in [1.165, 1.54) is 37.7 Å². The molecule has 0 aliphatic heterocycles. The Balaban J connectivity index is 0.000000210. The van der Waals surface area contributed by atoms with Crippen molar-refractivity contribution in [3.05, 3.63) is 170 Å². The first-order chi connectivity index (χ1) is 33.3. The molecule has 0 fully saturated rings. The Morgan fingerprint density at radius 1 is 0.648 bits per heavy atom. The maximum absolute atomic E-state index is 11.4. The van der Waals surface area contributed by atoms with Gasteiger partial charge in [-0.15, -0.1) is 34.0 Å². The summed E-state index contributed by atoms with van der Waals surface area (Å²) in [5.41, 5.74) is 6.06. The van der Waals surface area contributed by atoms with Gasteiger partial charge in [-0.2, -0.15) is 10.5 Å². The molecule has 9 rings (SSSR count). The van der Waals surface area contributed by atoms with Gasteiger partial charge in [0.2, 0.25) is 0 Å². The third-order valence-electron chi connectivity index (χ3n) is 9.77. The Bertz CT molecular complexity index is 3410. The number of thiophene rings is 3. The van der Waals surface area contributed by atoms with Crippen molar-refractivity contribution in [2.24, 2.45) is 0 Å². The summed E-state index contributed by atoms with van der Waals surface area (Å²) >= 11 is 8.04. The van der Waals surface area contributed by atoms with Gasteiger partial charge in [0.1, 0.15) is 0 Å². The van der Waals surface area contributed by atoms with Crippen LogP contribution in [0, 0.1) is 29.2 Å². The molecule has 4 N–H and O–H groups in total. The van der Waals surface area contributed by atoms with Crippen molar-refractivity contribution in [1.29, 1.82) is 10.5 Å². The fraction of sp³-hybridized carbons (Fsp3) is 0.100. The number of nitrogens with zero attached hydrogens (tertiary/aromatic N) is 6. The zero-order valence-corrected chi connectivity index (χ0v) is 42.0. The zero-order chi connectivity index (χ0) is 49.5. The number of halogens is 1. The minimum Gasteiger partial charge on any atom is -0.870 e. The van der Waals surface area contributed by atoms with E-state index in [1.54, 1.807) is 90.1 Å². The molecular weight excluding hydrogens is 1020 g/mol. The number of aliphatic carboxylic acids is 1. The van der Waals surface area contributed by atoms with E-state index >= 15 is 0 Å². The Morgan fingerprint density at radius 3 is 1.41 bits per heavy atom. The van der Waals surface area contributed by atoms with Gasteiger partial charge < -0.3 is 30.1 Å². The number of pyridine rings is 3. The molecule has 71 heavy (non-hydrogen) atoms. The molecule has 3 aromatic carbocycles. The van der Waals surface area contributed by atoms with Crippen LogP contribution in [0.4, 0.5) is 5.69 Å². The monoisotopic (exact) mass is 1060 g/mol. The maximum Gasteiger partial charge on any atom is 1.00 e. The second-order valence-electron chi connectivity index (χ2n) is 14.4. The van der Waals surface area contributed by atoms with E-state index in [2.05, 4.69) is 52.6 Å². The van der Waals surface area contributed by atoms with Crippen LogP contribution in [0.5, 0.6) is 0 Å². The first-order valence-corrected chi connectivity index (χ1v) is 23.5. The first kappa shape index (κ1) is 56.5. The summed E-state index contributed by atoms with van der Waals surface area (Å²) in [6.45, 7) is 6.62. The molecule has 0 bridgehead atoms. The van der Waals surface area contributed by atoms with E-state index in [0.29, 0.717) is 28.7 Å². The van der Waals surface area contributed by atoms with Crippen LogP contribution in [0.25, 0.3) is 57.4 Å². The fourth-order valence-electron chi connectivity index (χ4n) is 6.43. The quantitative estimate of drug-likeness (QED) is 0.0790. The molecule has 15 nitrogen and oxygen atoms in total. The van der Waals surface area contributed by atoms with Crippen LogP contribution in [0.3, 0.4) is 0 Å². The van der Waals surface area contributed by atoms with Crippen LogP contribution in [0.2, 0.25) is 0 Å². The number of carboxylic acid groups (broad SMARTS) is 1. The largest absolute Gasteiger partial charge is 1.00 e. The van der Waals surface area contributed by atoms with Crippen molar-refractivity contribution in [2.75, 3.05) is 14.2 Å². The van der Waals surface area contributed by atoms with E-state index in [0.717, 1.165) is 71.6 Å². The number of fused-ring (bicyclic) bond motifs is 3. The van der Waals surface area contributed by atoms with Crippen LogP contribution in [0.15, 0.2) is 133 Å². The molecule has 0 aliphatic rings. The van der Waals surface area contributed by atoms with Crippen LogP contribution < -0.4 is 24.3 Å². The SMILES string of the molecule is COC(=O)Cc1cc2cncc(-c3ccc(C#N)cc3)c2s1.COC(=O)Cc1cc2cncc(Br)c2s1.N#Cc1ccc(-c2cncc3cc(CC(=O)O)sc23)cc1.[C-]#[N+]c1ccc(B(O)O)cc1.[Li+].[OH-]. The number of ether oxygens (including phenoxy) is 2. The molecule has 6 aromatic heterocycles. The van der Waals surface area contributed by atoms with Gasteiger partial charge >= 0.3 is 43.9 Å². The molecule has 6 heterocycles. The average molecular weight is 1060 g/mol. The number of methoxy groups -OCH3 is 2. The van der Waals surface area contributed by atoms with Crippen molar-refractivity contribution in [3.63, 3.8) is 0 Å². The molecule has 350 valence electrons. The summed E-state index contributed by atoms with van der Waals surface area (Å²) in [6, 6.07) is 30.8. The fourth-order valence-corrected chi connectivity index (χ4v) is 10.3. The number of carbonyl (C=O) groups is 3. The molecule has 0 atom stereocenters. The number of carboxylic acids is 1. The van der Waals surface area contributed by atoms with Crippen LogP contribution in [-0.2, 0) is 43.1 Å². The van der Waals surface area contributed by atoms with Crippen molar-refractivity contribution in [1.82, 2.24) is 15.0 Å². The second-order valence-corrected chi connectivity index (χ2v) is 18.7. The van der Waals surface area contributed by atoms with Crippen LogP contribution in [0.1, 0.15) is 25.8 Å². The third-order valence-corrected chi connectivity index (χ3v) is 14.2. The standard InChI is InChI=1S/C17H12N2O2S.C16H10N2O2S.C10H8BrNO2S.C7H6BNO2.Li.H2O/c1-21-16(20)7-14-6-13-9-19-10-15(17(13)22-14)12-4-2-11(8-18)3-5-12;17-7-10-1-3-11(4-2-10)14-9-18-8-12-5-13(6-15(19)20)21-16(12)14;1-14-9(13)3-7-2-6-4-12-5-8(11)10(6)15-7;1-9-7-4-2-6(3-5-7)8(10)11;;/h2-6,9-10H,7H2,1H3;1-5,8-9H,6H2,(H,19,20);2,4-5H,3H2,1H3;2-5,10-11H;;1H2/q;;;;+1;/p-1. The van der Waals surface area contributed by atoms with Gasteiger partial charge in [-0.05, 0) is 75.0 Å². The smallest absolute Gasteiger partial charge is 0.870 e. The Kier molecular flexibility index (Phi) is 21.7. The Morgan fingerprint density at radius 2 is 1.04 bits per heavy atom. The molecule has 0 radical (unpaired) electrons. The predicted octanol–water partition coefficient (Wildman–Crippen LogP) is 6.53. The number of aromatic nitrogens is 3. The molecule has 0 saturated heterocycles. The number of carbonyl (C=O) groups excluding carboxylic acids is 2. The van der Waals surface area contributed by atoms with Gasteiger partial charge in [-0.3, -0.25) is 29.3 Å². The third kappa shape index (κ3) is 15.4. The molecule has 0 aliphatic carbocycles. The summed E-state index contributed by atoms with van der Waals surface area (Å²) < 4.78 is 13.5. The molecule has 0 amide bonds.